The molecule has 2 aromatic rings. The Labute approximate surface area is 187 Å². The summed E-state index contributed by atoms with van der Waals surface area (Å²) in [5.41, 5.74) is 0.880. The monoisotopic (exact) mass is 459 g/mol. The number of hydrogen-bond donors (Lipinski definition) is 1. The van der Waals surface area contributed by atoms with Crippen molar-refractivity contribution < 1.29 is 27.5 Å². The van der Waals surface area contributed by atoms with Gasteiger partial charge in [0, 0.05) is 31.5 Å². The van der Waals surface area contributed by atoms with Crippen molar-refractivity contribution in [2.75, 3.05) is 30.4 Å². The minimum Gasteiger partial charge on any atom is -0.495 e. The molecule has 10 heteroatoms. The maximum atomic E-state index is 12.8. The van der Waals surface area contributed by atoms with Crippen LogP contribution in [0.4, 0.5) is 11.4 Å². The fourth-order valence-electron chi connectivity index (χ4n) is 3.48. The molecule has 1 aliphatic rings. The molecule has 0 unspecified atom stereocenters. The van der Waals surface area contributed by atoms with Crippen molar-refractivity contribution >= 4 is 39.1 Å². The van der Waals surface area contributed by atoms with Gasteiger partial charge in [-0.25, -0.2) is 8.42 Å². The van der Waals surface area contributed by atoms with E-state index in [9.17, 15) is 22.8 Å². The van der Waals surface area contributed by atoms with Gasteiger partial charge < -0.3 is 10.1 Å². The molecule has 1 saturated heterocycles. The van der Waals surface area contributed by atoms with Crippen molar-refractivity contribution in [3.05, 3.63) is 48.0 Å². The number of sulfonamides is 1. The van der Waals surface area contributed by atoms with Gasteiger partial charge in [0.15, 0.2) is 0 Å². The third kappa shape index (κ3) is 4.51. The molecule has 3 rings (SSSR count). The summed E-state index contributed by atoms with van der Waals surface area (Å²) < 4.78 is 32.3. The molecule has 32 heavy (non-hydrogen) atoms. The van der Waals surface area contributed by atoms with Crippen molar-refractivity contribution in [2.45, 2.75) is 31.6 Å². The van der Waals surface area contributed by atoms with Gasteiger partial charge in [-0.3, -0.25) is 19.3 Å². The van der Waals surface area contributed by atoms with Crippen LogP contribution in [0.1, 0.15) is 37.0 Å². The first-order valence-corrected chi connectivity index (χ1v) is 11.6. The van der Waals surface area contributed by atoms with Crippen molar-refractivity contribution in [1.29, 1.82) is 0 Å². The second-order valence-electron chi connectivity index (χ2n) is 7.08. The van der Waals surface area contributed by atoms with Gasteiger partial charge in [-0.05, 0) is 42.5 Å². The number of anilines is 2. The van der Waals surface area contributed by atoms with Crippen LogP contribution in [0.5, 0.6) is 5.75 Å². The molecule has 3 amide bonds. The topological polar surface area (TPSA) is 113 Å². The second-order valence-corrected chi connectivity index (χ2v) is 9.01. The summed E-state index contributed by atoms with van der Waals surface area (Å²) in [6.07, 6.45) is 0.348. The molecule has 0 saturated carbocycles. The molecule has 0 aliphatic carbocycles. The van der Waals surface area contributed by atoms with Crippen molar-refractivity contribution in [3.8, 4) is 5.75 Å². The zero-order valence-electron chi connectivity index (χ0n) is 18.1. The number of carbonyl (C=O) groups excluding carboxylic acids is 3. The van der Waals surface area contributed by atoms with Gasteiger partial charge in [-0.1, -0.05) is 13.8 Å². The molecule has 1 N–H and O–H groups in total. The normalized spacial score (nSPS) is 14.2. The van der Waals surface area contributed by atoms with Gasteiger partial charge in [0.25, 0.3) is 5.91 Å². The molecular formula is C22H25N3O6S. The molecule has 0 atom stereocenters. The van der Waals surface area contributed by atoms with Crippen molar-refractivity contribution in [2.24, 2.45) is 0 Å². The molecule has 0 aromatic heterocycles. The molecule has 1 aliphatic heterocycles. The van der Waals surface area contributed by atoms with E-state index >= 15 is 0 Å². The number of benzene rings is 2. The smallest absolute Gasteiger partial charge is 0.255 e. The van der Waals surface area contributed by atoms with Crippen molar-refractivity contribution in [1.82, 2.24) is 4.31 Å². The van der Waals surface area contributed by atoms with E-state index in [0.717, 1.165) is 4.90 Å². The number of methoxy groups -OCH3 is 1. The summed E-state index contributed by atoms with van der Waals surface area (Å²) >= 11 is 0. The van der Waals surface area contributed by atoms with E-state index in [-0.39, 0.29) is 40.8 Å². The lowest BCUT2D eigenvalue weighted by Crippen LogP contribution is -2.30. The van der Waals surface area contributed by atoms with Crippen LogP contribution in [0.3, 0.4) is 0 Å². The standard InChI is InChI=1S/C22H25N3O6S/c1-4-24(5-2)32(29,30)17-10-11-19(31-3)18(14-17)23-22(28)15-6-8-16(9-7-15)25-20(26)12-13-21(25)27/h6-11,14H,4-5,12-13H2,1-3H3,(H,23,28). The Morgan fingerprint density at radius 2 is 1.62 bits per heavy atom. The average Bonchev–Trinajstić information content (AvgIpc) is 3.12. The lowest BCUT2D eigenvalue weighted by molar-refractivity contribution is -0.121. The summed E-state index contributed by atoms with van der Waals surface area (Å²) in [4.78, 5) is 37.7. The van der Waals surface area contributed by atoms with E-state index in [2.05, 4.69) is 5.32 Å². The third-order valence-corrected chi connectivity index (χ3v) is 7.25. The van der Waals surface area contributed by atoms with E-state index in [1.807, 2.05) is 0 Å². The second kappa shape index (κ2) is 9.49. The SMILES string of the molecule is CCN(CC)S(=O)(=O)c1ccc(OC)c(NC(=O)c2ccc(N3C(=O)CCC3=O)cc2)c1. The van der Waals surface area contributed by atoms with Crippen LogP contribution in [-0.4, -0.2) is 50.6 Å². The lowest BCUT2D eigenvalue weighted by Gasteiger charge is -2.19. The Balaban J connectivity index is 1.85. The summed E-state index contributed by atoms with van der Waals surface area (Å²) in [6.45, 7) is 4.14. The van der Waals surface area contributed by atoms with Gasteiger partial charge in [0.2, 0.25) is 21.8 Å². The molecule has 9 nitrogen and oxygen atoms in total. The Hall–Kier alpha value is -3.24. The van der Waals surface area contributed by atoms with E-state index in [0.29, 0.717) is 24.5 Å². The Morgan fingerprint density at radius 1 is 1.03 bits per heavy atom. The number of carbonyl (C=O) groups is 3. The maximum absolute atomic E-state index is 12.8. The first-order chi connectivity index (χ1) is 15.2. The zero-order chi connectivity index (χ0) is 23.5. The summed E-state index contributed by atoms with van der Waals surface area (Å²) in [7, 11) is -2.30. The van der Waals surface area contributed by atoms with Gasteiger partial charge in [0.1, 0.15) is 5.75 Å². The highest BCUT2D eigenvalue weighted by molar-refractivity contribution is 7.89. The number of imide groups is 1. The Morgan fingerprint density at radius 3 is 2.16 bits per heavy atom. The van der Waals surface area contributed by atoms with Crippen LogP contribution >= 0.6 is 0 Å². The lowest BCUT2D eigenvalue weighted by atomic mass is 10.1. The molecule has 0 radical (unpaired) electrons. The Kier molecular flexibility index (Phi) is 6.95. The molecule has 0 spiro atoms. The van der Waals surface area contributed by atoms with Crippen LogP contribution in [0.2, 0.25) is 0 Å². The first-order valence-electron chi connectivity index (χ1n) is 10.2. The van der Waals surface area contributed by atoms with Crippen LogP contribution in [0.25, 0.3) is 0 Å². The maximum Gasteiger partial charge on any atom is 0.255 e. The largest absolute Gasteiger partial charge is 0.495 e. The number of nitrogens with one attached hydrogen (secondary N) is 1. The van der Waals surface area contributed by atoms with Gasteiger partial charge in [-0.15, -0.1) is 0 Å². The molecule has 170 valence electrons. The molecular weight excluding hydrogens is 434 g/mol. The average molecular weight is 460 g/mol. The predicted molar refractivity (Wildman–Crippen MR) is 119 cm³/mol. The number of hydrogen-bond acceptors (Lipinski definition) is 6. The Bertz CT molecular complexity index is 1120. The van der Waals surface area contributed by atoms with Gasteiger partial charge >= 0.3 is 0 Å². The molecule has 0 bridgehead atoms. The molecule has 2 aromatic carbocycles. The minimum absolute atomic E-state index is 0.0405. The number of rotatable bonds is 8. The molecule has 1 heterocycles. The van der Waals surface area contributed by atoms with Crippen molar-refractivity contribution in [3.63, 3.8) is 0 Å². The fourth-order valence-corrected chi connectivity index (χ4v) is 4.96. The number of nitrogens with zero attached hydrogens (tertiary/aromatic N) is 2. The van der Waals surface area contributed by atoms with Crippen LogP contribution < -0.4 is 15.0 Å². The summed E-state index contributed by atoms with van der Waals surface area (Å²) in [5, 5.41) is 2.68. The van der Waals surface area contributed by atoms with Gasteiger partial charge in [-0.2, -0.15) is 4.31 Å². The van der Waals surface area contributed by atoms with Gasteiger partial charge in [0.05, 0.1) is 23.4 Å². The minimum atomic E-state index is -3.72. The first kappa shape index (κ1) is 23.4. The van der Waals surface area contributed by atoms with Crippen LogP contribution in [0, 0.1) is 0 Å². The highest BCUT2D eigenvalue weighted by Crippen LogP contribution is 2.30. The number of ether oxygens (including phenoxy) is 1. The quantitative estimate of drug-likeness (QED) is 0.607. The highest BCUT2D eigenvalue weighted by atomic mass is 32.2. The number of amides is 3. The van der Waals surface area contributed by atoms with E-state index in [1.165, 1.54) is 53.9 Å². The van der Waals surface area contributed by atoms with E-state index < -0.39 is 15.9 Å². The molecule has 1 fully saturated rings. The predicted octanol–water partition coefficient (Wildman–Crippen LogP) is 2.63. The highest BCUT2D eigenvalue weighted by Gasteiger charge is 2.30. The van der Waals surface area contributed by atoms with E-state index in [4.69, 9.17) is 4.74 Å². The van der Waals surface area contributed by atoms with Crippen LogP contribution in [-0.2, 0) is 19.6 Å². The third-order valence-electron chi connectivity index (χ3n) is 5.20. The van der Waals surface area contributed by atoms with Crippen LogP contribution in [0.15, 0.2) is 47.4 Å². The summed E-state index contributed by atoms with van der Waals surface area (Å²) in [5.74, 6) is -0.737. The fraction of sp³-hybridized carbons (Fsp3) is 0.318. The summed E-state index contributed by atoms with van der Waals surface area (Å²) in [6, 6.07) is 10.3. The zero-order valence-corrected chi connectivity index (χ0v) is 18.9. The van der Waals surface area contributed by atoms with E-state index in [1.54, 1.807) is 13.8 Å².